The van der Waals surface area contributed by atoms with Gasteiger partial charge in [0.05, 0.1) is 31.5 Å². The topological polar surface area (TPSA) is 98.2 Å². The van der Waals surface area contributed by atoms with Crippen LogP contribution in [-0.4, -0.2) is 45.4 Å². The van der Waals surface area contributed by atoms with E-state index in [0.717, 1.165) is 5.56 Å². The predicted molar refractivity (Wildman–Crippen MR) is 118 cm³/mol. The van der Waals surface area contributed by atoms with Crippen LogP contribution < -0.4 is 25.0 Å². The van der Waals surface area contributed by atoms with E-state index in [1.165, 1.54) is 6.21 Å². The number of halogens is 1. The van der Waals surface area contributed by atoms with Crippen LogP contribution in [0.1, 0.15) is 29.3 Å². The number of rotatable bonds is 10. The van der Waals surface area contributed by atoms with Crippen molar-refractivity contribution in [2.75, 3.05) is 27.4 Å². The van der Waals surface area contributed by atoms with Gasteiger partial charge in [-0.1, -0.05) is 0 Å². The van der Waals surface area contributed by atoms with Crippen LogP contribution in [0.3, 0.4) is 0 Å². The van der Waals surface area contributed by atoms with Crippen LogP contribution >= 0.6 is 15.9 Å². The Morgan fingerprint density at radius 2 is 1.87 bits per heavy atom. The molecule has 9 heteroatoms. The van der Waals surface area contributed by atoms with Crippen LogP contribution in [0.4, 0.5) is 0 Å². The first kappa shape index (κ1) is 23.2. The Hall–Kier alpha value is -3.07. The zero-order chi connectivity index (χ0) is 21.9. The van der Waals surface area contributed by atoms with Crippen LogP contribution in [0.5, 0.6) is 17.2 Å². The second-order valence-corrected chi connectivity index (χ2v) is 6.85. The SMILES string of the molecule is CCOc1cc(C=NNC(=O)CCNC(=O)c2ccc(OC)cc2)cc(Br)c1OC. The van der Waals surface area contributed by atoms with Gasteiger partial charge in [-0.2, -0.15) is 5.10 Å². The summed E-state index contributed by atoms with van der Waals surface area (Å²) >= 11 is 3.42. The molecule has 0 unspecified atom stereocenters. The standard InChI is InChI=1S/C21H24BrN3O5/c1-4-30-18-12-14(11-17(22)20(18)29-3)13-24-25-19(26)9-10-23-21(27)15-5-7-16(28-2)8-6-15/h5-8,11-13H,4,9-10H2,1-3H3,(H,23,27)(H,25,26). The van der Waals surface area contributed by atoms with Crippen LogP contribution in [0, 0.1) is 0 Å². The molecule has 0 aliphatic carbocycles. The predicted octanol–water partition coefficient (Wildman–Crippen LogP) is 3.14. The molecule has 30 heavy (non-hydrogen) atoms. The van der Waals surface area contributed by atoms with E-state index < -0.39 is 0 Å². The average Bonchev–Trinajstić information content (AvgIpc) is 2.74. The molecule has 0 spiro atoms. The fourth-order valence-electron chi connectivity index (χ4n) is 2.49. The Kier molecular flexibility index (Phi) is 9.14. The van der Waals surface area contributed by atoms with Gasteiger partial charge in [0.2, 0.25) is 5.91 Å². The molecule has 0 bridgehead atoms. The van der Waals surface area contributed by atoms with E-state index in [4.69, 9.17) is 14.2 Å². The molecule has 2 N–H and O–H groups in total. The second-order valence-electron chi connectivity index (χ2n) is 5.99. The number of carbonyl (C=O) groups is 2. The molecular weight excluding hydrogens is 454 g/mol. The summed E-state index contributed by atoms with van der Waals surface area (Å²) in [7, 11) is 3.12. The summed E-state index contributed by atoms with van der Waals surface area (Å²) in [5.74, 6) is 1.24. The molecule has 2 rings (SSSR count). The molecule has 0 atom stereocenters. The van der Waals surface area contributed by atoms with Crippen molar-refractivity contribution in [1.82, 2.24) is 10.7 Å². The Balaban J connectivity index is 1.82. The number of hydrazone groups is 1. The van der Waals surface area contributed by atoms with Crippen LogP contribution in [0.15, 0.2) is 46.0 Å². The van der Waals surface area contributed by atoms with Crippen LogP contribution in [-0.2, 0) is 4.79 Å². The van der Waals surface area contributed by atoms with Gasteiger partial charge in [0.1, 0.15) is 5.75 Å². The molecule has 2 aromatic rings. The number of nitrogens with zero attached hydrogens (tertiary/aromatic N) is 1. The summed E-state index contributed by atoms with van der Waals surface area (Å²) in [6.07, 6.45) is 1.59. The Morgan fingerprint density at radius 1 is 1.13 bits per heavy atom. The maximum Gasteiger partial charge on any atom is 0.251 e. The highest BCUT2D eigenvalue weighted by molar-refractivity contribution is 9.10. The van der Waals surface area contributed by atoms with Crippen molar-refractivity contribution in [1.29, 1.82) is 0 Å². The molecule has 0 heterocycles. The molecule has 0 aliphatic rings. The highest BCUT2D eigenvalue weighted by Crippen LogP contribution is 2.36. The Labute approximate surface area is 183 Å². The van der Waals surface area contributed by atoms with Gasteiger partial charge in [-0.15, -0.1) is 0 Å². The molecule has 160 valence electrons. The average molecular weight is 478 g/mol. The Bertz CT molecular complexity index is 900. The minimum atomic E-state index is -0.320. The van der Waals surface area contributed by atoms with E-state index in [1.807, 2.05) is 6.92 Å². The quantitative estimate of drug-likeness (QED) is 0.404. The number of nitrogens with one attached hydrogen (secondary N) is 2. The van der Waals surface area contributed by atoms with E-state index in [2.05, 4.69) is 31.8 Å². The number of carbonyl (C=O) groups excluding carboxylic acids is 2. The molecule has 0 radical (unpaired) electrons. The van der Waals surface area contributed by atoms with Crippen molar-refractivity contribution in [2.24, 2.45) is 5.10 Å². The fraction of sp³-hybridized carbons (Fsp3) is 0.286. The third kappa shape index (κ3) is 6.77. The molecular formula is C21H24BrN3O5. The molecule has 2 amide bonds. The van der Waals surface area contributed by atoms with Gasteiger partial charge in [-0.05, 0) is 64.8 Å². The zero-order valence-corrected chi connectivity index (χ0v) is 18.6. The van der Waals surface area contributed by atoms with Crippen molar-refractivity contribution in [2.45, 2.75) is 13.3 Å². The summed E-state index contributed by atoms with van der Waals surface area (Å²) < 4.78 is 16.6. The summed E-state index contributed by atoms with van der Waals surface area (Å²) in [6.45, 7) is 2.55. The Morgan fingerprint density at radius 3 is 2.50 bits per heavy atom. The monoisotopic (exact) mass is 477 g/mol. The molecule has 0 saturated carbocycles. The molecule has 0 saturated heterocycles. The number of hydrogen-bond donors (Lipinski definition) is 2. The van der Waals surface area contributed by atoms with E-state index in [1.54, 1.807) is 50.6 Å². The van der Waals surface area contributed by atoms with Crippen molar-refractivity contribution < 1.29 is 23.8 Å². The normalized spacial score (nSPS) is 10.5. The van der Waals surface area contributed by atoms with Gasteiger partial charge in [0, 0.05) is 18.5 Å². The van der Waals surface area contributed by atoms with Crippen LogP contribution in [0.25, 0.3) is 0 Å². The number of hydrogen-bond acceptors (Lipinski definition) is 6. The largest absolute Gasteiger partial charge is 0.497 e. The van der Waals surface area contributed by atoms with Crippen molar-refractivity contribution >= 4 is 34.0 Å². The maximum atomic E-state index is 12.1. The van der Waals surface area contributed by atoms with E-state index in [0.29, 0.717) is 33.9 Å². The summed E-state index contributed by atoms with van der Waals surface area (Å²) in [5.41, 5.74) is 3.65. The number of methoxy groups -OCH3 is 2. The second kappa shape index (κ2) is 11.8. The van der Waals surface area contributed by atoms with Crippen molar-refractivity contribution in [3.8, 4) is 17.2 Å². The maximum absolute atomic E-state index is 12.1. The van der Waals surface area contributed by atoms with E-state index in [-0.39, 0.29) is 24.8 Å². The minimum absolute atomic E-state index is 0.0930. The molecule has 0 fully saturated rings. The van der Waals surface area contributed by atoms with Crippen molar-refractivity contribution in [3.05, 3.63) is 52.0 Å². The van der Waals surface area contributed by atoms with E-state index >= 15 is 0 Å². The van der Waals surface area contributed by atoms with Gasteiger partial charge in [-0.3, -0.25) is 9.59 Å². The van der Waals surface area contributed by atoms with Gasteiger partial charge < -0.3 is 19.5 Å². The fourth-order valence-corrected chi connectivity index (χ4v) is 3.11. The first-order valence-corrected chi connectivity index (χ1v) is 10.0. The number of ether oxygens (including phenoxy) is 3. The number of amides is 2. The van der Waals surface area contributed by atoms with Gasteiger partial charge in [0.15, 0.2) is 11.5 Å². The zero-order valence-electron chi connectivity index (χ0n) is 17.0. The summed E-state index contributed by atoms with van der Waals surface area (Å²) in [5, 5.41) is 6.63. The van der Waals surface area contributed by atoms with Crippen LogP contribution in [0.2, 0.25) is 0 Å². The van der Waals surface area contributed by atoms with Gasteiger partial charge >= 0.3 is 0 Å². The lowest BCUT2D eigenvalue weighted by Crippen LogP contribution is -2.29. The lowest BCUT2D eigenvalue weighted by Gasteiger charge is -2.11. The lowest BCUT2D eigenvalue weighted by molar-refractivity contribution is -0.120. The smallest absolute Gasteiger partial charge is 0.251 e. The first-order chi connectivity index (χ1) is 14.5. The lowest BCUT2D eigenvalue weighted by atomic mass is 10.2. The molecule has 2 aromatic carbocycles. The molecule has 0 aromatic heterocycles. The summed E-state index contributed by atoms with van der Waals surface area (Å²) in [6, 6.07) is 10.3. The van der Waals surface area contributed by atoms with Gasteiger partial charge in [-0.25, -0.2) is 5.43 Å². The third-order valence-corrected chi connectivity index (χ3v) is 4.52. The molecule has 0 aliphatic heterocycles. The van der Waals surface area contributed by atoms with Gasteiger partial charge in [0.25, 0.3) is 5.91 Å². The summed E-state index contributed by atoms with van der Waals surface area (Å²) in [4.78, 5) is 24.0. The molecule has 8 nitrogen and oxygen atoms in total. The number of benzene rings is 2. The minimum Gasteiger partial charge on any atom is -0.497 e. The highest BCUT2D eigenvalue weighted by atomic mass is 79.9. The first-order valence-electron chi connectivity index (χ1n) is 9.23. The van der Waals surface area contributed by atoms with E-state index in [9.17, 15) is 9.59 Å². The highest BCUT2D eigenvalue weighted by Gasteiger charge is 2.10. The van der Waals surface area contributed by atoms with Crippen molar-refractivity contribution in [3.63, 3.8) is 0 Å². The third-order valence-electron chi connectivity index (χ3n) is 3.93.